The molecule has 0 aromatic heterocycles. The molecule has 0 fully saturated rings. The van der Waals surface area contributed by atoms with Gasteiger partial charge in [0.25, 0.3) is 0 Å². The van der Waals surface area contributed by atoms with Crippen molar-refractivity contribution in [1.29, 1.82) is 0 Å². The maximum Gasteiger partial charge on any atom is -0.0306 e. The molecule has 0 aromatic rings. The molecule has 0 aliphatic carbocycles. The van der Waals surface area contributed by atoms with Crippen molar-refractivity contribution in [2.45, 2.75) is 73.6 Å². The highest BCUT2D eigenvalue weighted by molar-refractivity contribution is 4.81. The highest BCUT2D eigenvalue weighted by Gasteiger charge is 2.31. The number of unbranched alkanes of at least 4 members (excludes halogenated alkanes) is 3. The van der Waals surface area contributed by atoms with Crippen LogP contribution >= 0.6 is 0 Å². The van der Waals surface area contributed by atoms with Crippen LogP contribution in [0, 0.1) is 10.8 Å². The third-order valence-electron chi connectivity index (χ3n) is 3.69. The maximum absolute atomic E-state index is 2.40. The van der Waals surface area contributed by atoms with Crippen molar-refractivity contribution in [2.75, 3.05) is 0 Å². The molecule has 0 rings (SSSR count). The van der Waals surface area contributed by atoms with Crippen LogP contribution in [0.4, 0.5) is 0 Å². The van der Waals surface area contributed by atoms with Crippen molar-refractivity contribution in [3.8, 4) is 0 Å². The van der Waals surface area contributed by atoms with Gasteiger partial charge >= 0.3 is 0 Å². The van der Waals surface area contributed by atoms with Crippen LogP contribution in [0.25, 0.3) is 0 Å². The van der Waals surface area contributed by atoms with E-state index in [0.29, 0.717) is 10.8 Å². The summed E-state index contributed by atoms with van der Waals surface area (Å²) in [5.74, 6) is 0. The standard InChI is InChI=1S/C13H28/c1-7-8-9-10-11-13(5,6)12(2,3)4/h7-11H2,1-6H3. The quantitative estimate of drug-likeness (QED) is 0.526. The Balaban J connectivity index is 3.77. The Morgan fingerprint density at radius 2 is 1.31 bits per heavy atom. The Morgan fingerprint density at radius 1 is 0.769 bits per heavy atom. The van der Waals surface area contributed by atoms with Crippen LogP contribution in [-0.2, 0) is 0 Å². The molecule has 0 heterocycles. The van der Waals surface area contributed by atoms with Gasteiger partial charge in [-0.1, -0.05) is 67.2 Å². The normalized spacial score (nSPS) is 13.4. The van der Waals surface area contributed by atoms with Gasteiger partial charge in [0.05, 0.1) is 0 Å². The van der Waals surface area contributed by atoms with E-state index in [1.165, 1.54) is 32.1 Å². The van der Waals surface area contributed by atoms with E-state index in [0.717, 1.165) is 0 Å². The summed E-state index contributed by atoms with van der Waals surface area (Å²) in [7, 11) is 0. The van der Waals surface area contributed by atoms with E-state index in [4.69, 9.17) is 0 Å². The first-order valence-corrected chi connectivity index (χ1v) is 5.81. The molecule has 0 heteroatoms. The highest BCUT2D eigenvalue weighted by atomic mass is 14.4. The van der Waals surface area contributed by atoms with Crippen LogP contribution in [0.3, 0.4) is 0 Å². The van der Waals surface area contributed by atoms with Crippen molar-refractivity contribution in [3.05, 3.63) is 0 Å². The zero-order valence-corrected chi connectivity index (χ0v) is 10.5. The molecule has 0 aromatic carbocycles. The van der Waals surface area contributed by atoms with Crippen molar-refractivity contribution < 1.29 is 0 Å². The summed E-state index contributed by atoms with van der Waals surface area (Å²) in [6.45, 7) is 14.1. The smallest absolute Gasteiger partial charge is 0.0306 e. The van der Waals surface area contributed by atoms with E-state index < -0.39 is 0 Å². The molecule has 80 valence electrons. The first-order valence-electron chi connectivity index (χ1n) is 5.81. The Hall–Kier alpha value is 0. The lowest BCUT2D eigenvalue weighted by atomic mass is 9.67. The largest absolute Gasteiger partial charge is 0.0654 e. The molecule has 0 atom stereocenters. The van der Waals surface area contributed by atoms with Gasteiger partial charge in [0, 0.05) is 0 Å². The summed E-state index contributed by atoms with van der Waals surface area (Å²) in [5, 5.41) is 0. The van der Waals surface area contributed by atoms with E-state index in [1.54, 1.807) is 0 Å². The lowest BCUT2D eigenvalue weighted by molar-refractivity contribution is 0.115. The lowest BCUT2D eigenvalue weighted by Crippen LogP contribution is -2.29. The molecule has 13 heavy (non-hydrogen) atoms. The Labute approximate surface area is 85.1 Å². The topological polar surface area (TPSA) is 0 Å². The van der Waals surface area contributed by atoms with Crippen molar-refractivity contribution in [2.24, 2.45) is 10.8 Å². The number of rotatable bonds is 5. The van der Waals surface area contributed by atoms with Gasteiger partial charge < -0.3 is 0 Å². The fourth-order valence-electron chi connectivity index (χ4n) is 1.37. The van der Waals surface area contributed by atoms with Gasteiger partial charge in [-0.25, -0.2) is 0 Å². The van der Waals surface area contributed by atoms with Crippen LogP contribution in [0.5, 0.6) is 0 Å². The third-order valence-corrected chi connectivity index (χ3v) is 3.69. The van der Waals surface area contributed by atoms with Crippen LogP contribution < -0.4 is 0 Å². The van der Waals surface area contributed by atoms with Gasteiger partial charge in [0.15, 0.2) is 0 Å². The maximum atomic E-state index is 2.40. The van der Waals surface area contributed by atoms with Gasteiger partial charge in [-0.2, -0.15) is 0 Å². The van der Waals surface area contributed by atoms with Gasteiger partial charge in [0.2, 0.25) is 0 Å². The molecule has 0 radical (unpaired) electrons. The fourth-order valence-corrected chi connectivity index (χ4v) is 1.37. The molecular formula is C13H28. The van der Waals surface area contributed by atoms with Crippen LogP contribution in [0.2, 0.25) is 0 Å². The van der Waals surface area contributed by atoms with Crippen LogP contribution in [0.1, 0.15) is 73.6 Å². The average Bonchev–Trinajstić information content (AvgIpc) is 1.96. The van der Waals surface area contributed by atoms with E-state index in [9.17, 15) is 0 Å². The van der Waals surface area contributed by atoms with E-state index >= 15 is 0 Å². The number of hydrogen-bond donors (Lipinski definition) is 0. The molecule has 0 spiro atoms. The summed E-state index contributed by atoms with van der Waals surface area (Å²) in [4.78, 5) is 0. The molecule has 0 aliphatic heterocycles. The molecule has 0 bridgehead atoms. The summed E-state index contributed by atoms with van der Waals surface area (Å²) in [6.07, 6.45) is 6.93. The average molecular weight is 184 g/mol. The monoisotopic (exact) mass is 184 g/mol. The summed E-state index contributed by atoms with van der Waals surface area (Å²) in [6, 6.07) is 0. The molecule has 0 N–H and O–H groups in total. The Bertz CT molecular complexity index is 125. The van der Waals surface area contributed by atoms with Crippen molar-refractivity contribution in [3.63, 3.8) is 0 Å². The number of hydrogen-bond acceptors (Lipinski definition) is 0. The molecule has 0 saturated carbocycles. The minimum Gasteiger partial charge on any atom is -0.0654 e. The minimum atomic E-state index is 0.444. The molecular weight excluding hydrogens is 156 g/mol. The molecule has 0 saturated heterocycles. The van der Waals surface area contributed by atoms with Crippen molar-refractivity contribution in [1.82, 2.24) is 0 Å². The first kappa shape index (κ1) is 13.0. The lowest BCUT2D eigenvalue weighted by Gasteiger charge is -2.39. The molecule has 0 nitrogen and oxygen atoms in total. The molecule has 0 aliphatic rings. The minimum absolute atomic E-state index is 0.444. The van der Waals surface area contributed by atoms with E-state index in [1.807, 2.05) is 0 Å². The second kappa shape index (κ2) is 5.02. The van der Waals surface area contributed by atoms with Gasteiger partial charge in [-0.05, 0) is 17.3 Å². The zero-order chi connectivity index (χ0) is 10.5. The Kier molecular flexibility index (Phi) is 5.02. The Morgan fingerprint density at radius 3 is 1.69 bits per heavy atom. The SMILES string of the molecule is CCCCCCC(C)(C)C(C)(C)C. The first-order chi connectivity index (χ1) is 5.81. The van der Waals surface area contributed by atoms with E-state index in [2.05, 4.69) is 41.5 Å². The van der Waals surface area contributed by atoms with Crippen molar-refractivity contribution >= 4 is 0 Å². The highest BCUT2D eigenvalue weighted by Crippen LogP contribution is 2.41. The summed E-state index contributed by atoms with van der Waals surface area (Å²) in [5.41, 5.74) is 0.931. The second-order valence-electron chi connectivity index (χ2n) is 5.94. The molecule has 0 amide bonds. The van der Waals surface area contributed by atoms with Crippen LogP contribution in [-0.4, -0.2) is 0 Å². The van der Waals surface area contributed by atoms with Crippen LogP contribution in [0.15, 0.2) is 0 Å². The zero-order valence-electron chi connectivity index (χ0n) is 10.5. The fraction of sp³-hybridized carbons (Fsp3) is 1.00. The van der Waals surface area contributed by atoms with Gasteiger partial charge in [0.1, 0.15) is 0 Å². The predicted molar refractivity (Wildman–Crippen MR) is 62.0 cm³/mol. The third kappa shape index (κ3) is 4.69. The summed E-state index contributed by atoms with van der Waals surface area (Å²) >= 11 is 0. The van der Waals surface area contributed by atoms with Gasteiger partial charge in [-0.3, -0.25) is 0 Å². The molecule has 0 unspecified atom stereocenters. The van der Waals surface area contributed by atoms with E-state index in [-0.39, 0.29) is 0 Å². The van der Waals surface area contributed by atoms with Gasteiger partial charge in [-0.15, -0.1) is 0 Å². The summed E-state index contributed by atoms with van der Waals surface area (Å²) < 4.78 is 0. The second-order valence-corrected chi connectivity index (χ2v) is 5.94. The predicted octanol–water partition coefficient (Wildman–Crippen LogP) is 5.03.